The largest absolute Gasteiger partial charge is 0.528 e. The third-order valence-corrected chi connectivity index (χ3v) is 4.33. The number of benzene rings is 2. The van der Waals surface area contributed by atoms with E-state index in [-0.39, 0.29) is 5.75 Å². The van der Waals surface area contributed by atoms with Gasteiger partial charge >= 0.3 is 25.8 Å². The van der Waals surface area contributed by atoms with Gasteiger partial charge in [-0.2, -0.15) is 30.7 Å². The van der Waals surface area contributed by atoms with Gasteiger partial charge in [-0.3, -0.25) is 9.42 Å². The fourth-order valence-corrected chi connectivity index (χ4v) is 3.04. The molecule has 0 bridgehead atoms. The molecule has 0 aliphatic heterocycles. The van der Waals surface area contributed by atoms with Gasteiger partial charge in [0, 0.05) is 0 Å². The molecule has 0 saturated carbocycles. The second-order valence-electron chi connectivity index (χ2n) is 5.46. The van der Waals surface area contributed by atoms with Crippen LogP contribution in [0.5, 0.6) is 5.75 Å². The van der Waals surface area contributed by atoms with Gasteiger partial charge in [-0.15, -0.1) is 0 Å². The van der Waals surface area contributed by atoms with Crippen LogP contribution in [0.15, 0.2) is 60.7 Å². The zero-order chi connectivity index (χ0) is 21.2. The maximum absolute atomic E-state index is 14.2. The SMILES string of the molecule is O=P(O)(Oc1ccccc1)OC(c1ccccc1)C(F)(F)C(F)(F)C(F)(F)F. The van der Waals surface area contributed by atoms with E-state index in [2.05, 4.69) is 9.05 Å². The fourth-order valence-electron chi connectivity index (χ4n) is 2.09. The summed E-state index contributed by atoms with van der Waals surface area (Å²) in [4.78, 5) is 9.68. The molecule has 1 N–H and O–H groups in total. The minimum Gasteiger partial charge on any atom is -0.404 e. The smallest absolute Gasteiger partial charge is 0.404 e. The van der Waals surface area contributed by atoms with E-state index in [1.54, 1.807) is 0 Å². The Bertz CT molecular complexity index is 828. The first-order valence-corrected chi connectivity index (χ1v) is 8.90. The van der Waals surface area contributed by atoms with E-state index in [1.807, 2.05) is 0 Å². The van der Waals surface area contributed by atoms with Gasteiger partial charge in [0.2, 0.25) is 0 Å². The van der Waals surface area contributed by atoms with Gasteiger partial charge in [-0.05, 0) is 17.7 Å². The quantitative estimate of drug-likeness (QED) is 0.447. The maximum Gasteiger partial charge on any atom is 0.528 e. The first-order valence-electron chi connectivity index (χ1n) is 7.41. The molecule has 0 spiro atoms. The summed E-state index contributed by atoms with van der Waals surface area (Å²) in [5.41, 5.74) is -0.887. The Kier molecular flexibility index (Phi) is 6.13. The Morgan fingerprint density at radius 1 is 0.821 bits per heavy atom. The number of phosphoric acid groups is 1. The summed E-state index contributed by atoms with van der Waals surface area (Å²) < 4.78 is 114. The van der Waals surface area contributed by atoms with E-state index >= 15 is 0 Å². The van der Waals surface area contributed by atoms with Crippen LogP contribution in [-0.4, -0.2) is 22.9 Å². The van der Waals surface area contributed by atoms with Crippen LogP contribution in [0.1, 0.15) is 11.7 Å². The Hall–Kier alpha value is -2.10. The molecule has 28 heavy (non-hydrogen) atoms. The number of para-hydroxylation sites is 1. The van der Waals surface area contributed by atoms with Crippen LogP contribution in [0.2, 0.25) is 0 Å². The highest BCUT2D eigenvalue weighted by atomic mass is 31.2. The van der Waals surface area contributed by atoms with Crippen molar-refractivity contribution in [1.82, 2.24) is 0 Å². The number of halogens is 7. The summed E-state index contributed by atoms with van der Waals surface area (Å²) in [6.45, 7) is 0. The topological polar surface area (TPSA) is 55.8 Å². The van der Waals surface area contributed by atoms with Crippen LogP contribution in [0, 0.1) is 0 Å². The zero-order valence-corrected chi connectivity index (χ0v) is 14.5. The monoisotopic (exact) mass is 432 g/mol. The minimum atomic E-state index is -6.65. The normalized spacial score (nSPS) is 16.3. The number of phosphoric ester groups is 1. The van der Waals surface area contributed by atoms with E-state index in [4.69, 9.17) is 0 Å². The van der Waals surface area contributed by atoms with Crippen LogP contribution in [0.4, 0.5) is 30.7 Å². The van der Waals surface area contributed by atoms with Crippen molar-refractivity contribution in [3.8, 4) is 5.75 Å². The zero-order valence-electron chi connectivity index (χ0n) is 13.6. The van der Waals surface area contributed by atoms with Crippen LogP contribution in [0.3, 0.4) is 0 Å². The number of rotatable bonds is 7. The molecular weight excluding hydrogens is 420 g/mol. The molecule has 2 aromatic rings. The van der Waals surface area contributed by atoms with E-state index in [1.165, 1.54) is 24.3 Å². The molecule has 0 saturated heterocycles. The van der Waals surface area contributed by atoms with Gasteiger partial charge in [-0.1, -0.05) is 48.5 Å². The van der Waals surface area contributed by atoms with Crippen LogP contribution in [-0.2, 0) is 9.09 Å². The third-order valence-electron chi connectivity index (χ3n) is 3.41. The second kappa shape index (κ2) is 7.73. The highest BCUT2D eigenvalue weighted by Crippen LogP contribution is 2.58. The molecule has 0 amide bonds. The molecule has 0 heterocycles. The molecule has 0 fully saturated rings. The Balaban J connectivity index is 2.45. The molecule has 0 aromatic heterocycles. The Morgan fingerprint density at radius 2 is 1.29 bits per heavy atom. The predicted molar refractivity (Wildman–Crippen MR) is 83.1 cm³/mol. The lowest BCUT2D eigenvalue weighted by Gasteiger charge is -2.34. The van der Waals surface area contributed by atoms with Crippen molar-refractivity contribution in [2.45, 2.75) is 24.1 Å². The van der Waals surface area contributed by atoms with Gasteiger partial charge in [-0.25, -0.2) is 4.57 Å². The first-order chi connectivity index (χ1) is 12.8. The fraction of sp³-hybridized carbons (Fsp3) is 0.250. The molecule has 0 aliphatic rings. The summed E-state index contributed by atoms with van der Waals surface area (Å²) in [5, 5.41) is 0. The van der Waals surface area contributed by atoms with Crippen molar-refractivity contribution in [2.24, 2.45) is 0 Å². The first kappa shape index (κ1) is 22.2. The molecule has 12 heteroatoms. The summed E-state index contributed by atoms with van der Waals surface area (Å²) in [5.74, 6) is -12.9. The minimum absolute atomic E-state index is 0.356. The molecule has 0 radical (unpaired) electrons. The molecule has 2 atom stereocenters. The van der Waals surface area contributed by atoms with Gasteiger partial charge < -0.3 is 4.52 Å². The Morgan fingerprint density at radius 3 is 1.75 bits per heavy atom. The lowest BCUT2D eigenvalue weighted by atomic mass is 9.98. The molecule has 4 nitrogen and oxygen atoms in total. The van der Waals surface area contributed by atoms with Crippen molar-refractivity contribution >= 4 is 7.82 Å². The number of alkyl halides is 7. The van der Waals surface area contributed by atoms with E-state index in [0.717, 1.165) is 36.4 Å². The van der Waals surface area contributed by atoms with E-state index in [9.17, 15) is 40.2 Å². The van der Waals surface area contributed by atoms with Crippen molar-refractivity contribution in [1.29, 1.82) is 0 Å². The van der Waals surface area contributed by atoms with E-state index < -0.39 is 37.5 Å². The summed E-state index contributed by atoms with van der Waals surface area (Å²) in [6.07, 6.45) is -10.1. The molecule has 154 valence electrons. The molecule has 2 unspecified atom stereocenters. The lowest BCUT2D eigenvalue weighted by Crippen LogP contribution is -2.55. The molecule has 2 aromatic carbocycles. The van der Waals surface area contributed by atoms with Gasteiger partial charge in [0.05, 0.1) is 0 Å². The van der Waals surface area contributed by atoms with Crippen LogP contribution in [0.25, 0.3) is 0 Å². The lowest BCUT2D eigenvalue weighted by molar-refractivity contribution is -0.370. The van der Waals surface area contributed by atoms with Crippen molar-refractivity contribution < 1.29 is 49.2 Å². The van der Waals surface area contributed by atoms with Crippen LogP contribution >= 0.6 is 7.82 Å². The summed E-state index contributed by atoms with van der Waals surface area (Å²) in [6, 6.07) is 11.2. The number of hydrogen-bond acceptors (Lipinski definition) is 3. The molecule has 2 rings (SSSR count). The molecule has 0 aliphatic carbocycles. The third kappa shape index (κ3) is 4.65. The average molecular weight is 432 g/mol. The van der Waals surface area contributed by atoms with Crippen molar-refractivity contribution in [3.63, 3.8) is 0 Å². The highest BCUT2D eigenvalue weighted by molar-refractivity contribution is 7.47. The number of hydrogen-bond donors (Lipinski definition) is 1. The molecular formula is C16H12F7O4P. The standard InChI is InChI=1S/C16H12F7O4P/c17-14(18,15(19,20)16(21,22)23)13(11-7-3-1-4-8-11)27-28(24,25)26-12-9-5-2-6-10-12/h1-10,13H,(H,24,25). The predicted octanol–water partition coefficient (Wildman–Crippen LogP) is 5.76. The maximum atomic E-state index is 14.2. The summed E-state index contributed by atoms with van der Waals surface area (Å²) in [7, 11) is -5.53. The van der Waals surface area contributed by atoms with Gasteiger partial charge in [0.1, 0.15) is 5.75 Å². The van der Waals surface area contributed by atoms with Crippen molar-refractivity contribution in [2.75, 3.05) is 0 Å². The van der Waals surface area contributed by atoms with Gasteiger partial charge in [0.25, 0.3) is 0 Å². The average Bonchev–Trinajstić information content (AvgIpc) is 2.60. The van der Waals surface area contributed by atoms with Gasteiger partial charge in [0.15, 0.2) is 6.10 Å². The van der Waals surface area contributed by atoms with E-state index in [0.29, 0.717) is 0 Å². The Labute approximate surface area is 154 Å². The van der Waals surface area contributed by atoms with Crippen LogP contribution < -0.4 is 4.52 Å². The van der Waals surface area contributed by atoms with Crippen molar-refractivity contribution in [3.05, 3.63) is 66.2 Å². The summed E-state index contributed by atoms with van der Waals surface area (Å²) >= 11 is 0. The highest BCUT2D eigenvalue weighted by Gasteiger charge is 2.76. The second-order valence-corrected chi connectivity index (χ2v) is 6.79.